The SMILES string of the molecule is CCCC(=N/C(CC)=C(\Cc1ccc(C2=CCCC=C2C#N)cc1)c1ccc(OC(C)C)cc1)NC=O. The fourth-order valence-corrected chi connectivity index (χ4v) is 4.43. The Bertz CT molecular complexity index is 1220. The molecule has 0 heterocycles. The van der Waals surface area contributed by atoms with Gasteiger partial charge in [-0.05, 0) is 85.9 Å². The Morgan fingerprint density at radius 2 is 1.78 bits per heavy atom. The maximum atomic E-state index is 11.2. The second kappa shape index (κ2) is 14.0. The van der Waals surface area contributed by atoms with Crippen LogP contribution < -0.4 is 10.1 Å². The Morgan fingerprint density at radius 3 is 2.38 bits per heavy atom. The minimum Gasteiger partial charge on any atom is -0.491 e. The Hall–Kier alpha value is -3.91. The van der Waals surface area contributed by atoms with E-state index in [1.165, 1.54) is 0 Å². The lowest BCUT2D eigenvalue weighted by molar-refractivity contribution is -0.108. The van der Waals surface area contributed by atoms with Crippen molar-refractivity contribution >= 4 is 23.4 Å². The standard InChI is InChI=1S/C32H37N3O2/c1-5-9-32(34-22-36)35-31(6-2)30(26-16-18-28(19-17-26)37-23(3)4)20-24-12-14-25(15-13-24)29-11-8-7-10-27(29)21-33/h10-19,22-23H,5-9,20H2,1-4H3,(H,34,35,36)/b31-30+. The molecule has 2 aromatic rings. The van der Waals surface area contributed by atoms with Crippen molar-refractivity contribution in [3.63, 3.8) is 0 Å². The summed E-state index contributed by atoms with van der Waals surface area (Å²) < 4.78 is 5.85. The molecule has 37 heavy (non-hydrogen) atoms. The zero-order valence-electron chi connectivity index (χ0n) is 22.4. The van der Waals surface area contributed by atoms with Crippen LogP contribution in [0, 0.1) is 11.3 Å². The molecule has 192 valence electrons. The van der Waals surface area contributed by atoms with Crippen molar-refractivity contribution in [3.05, 3.63) is 88.6 Å². The zero-order chi connectivity index (χ0) is 26.6. The number of nitrogens with zero attached hydrogens (tertiary/aromatic N) is 2. The molecule has 0 saturated carbocycles. The van der Waals surface area contributed by atoms with Gasteiger partial charge in [0.25, 0.3) is 0 Å². The number of benzene rings is 2. The highest BCUT2D eigenvalue weighted by Crippen LogP contribution is 2.31. The molecule has 1 N–H and O–H groups in total. The summed E-state index contributed by atoms with van der Waals surface area (Å²) in [5.41, 5.74) is 7.11. The number of nitrogens with one attached hydrogen (secondary N) is 1. The summed E-state index contributed by atoms with van der Waals surface area (Å²) in [5.74, 6) is 1.52. The first-order valence-electron chi connectivity index (χ1n) is 13.2. The van der Waals surface area contributed by atoms with Gasteiger partial charge in [-0.25, -0.2) is 4.99 Å². The molecule has 1 aliphatic rings. The fraction of sp³-hybridized carbons (Fsp3) is 0.344. The molecule has 0 fully saturated rings. The summed E-state index contributed by atoms with van der Waals surface area (Å²) in [4.78, 5) is 16.1. The first-order valence-corrected chi connectivity index (χ1v) is 13.2. The number of aliphatic imine (C=N–C) groups is 1. The van der Waals surface area contributed by atoms with E-state index >= 15 is 0 Å². The minimum atomic E-state index is 0.108. The molecule has 0 unspecified atom stereocenters. The number of nitriles is 1. The predicted molar refractivity (Wildman–Crippen MR) is 152 cm³/mol. The third-order valence-electron chi connectivity index (χ3n) is 6.16. The van der Waals surface area contributed by atoms with E-state index in [0.29, 0.717) is 25.1 Å². The average molecular weight is 496 g/mol. The smallest absolute Gasteiger partial charge is 0.212 e. The van der Waals surface area contributed by atoms with Gasteiger partial charge in [-0.1, -0.05) is 62.4 Å². The van der Waals surface area contributed by atoms with Crippen LogP contribution in [0.4, 0.5) is 0 Å². The van der Waals surface area contributed by atoms with Gasteiger partial charge >= 0.3 is 0 Å². The van der Waals surface area contributed by atoms with Gasteiger partial charge in [-0.3, -0.25) is 4.79 Å². The summed E-state index contributed by atoms with van der Waals surface area (Å²) in [7, 11) is 0. The lowest BCUT2D eigenvalue weighted by Gasteiger charge is -2.16. The highest BCUT2D eigenvalue weighted by atomic mass is 16.5. The Kier molecular flexibility index (Phi) is 10.5. The van der Waals surface area contributed by atoms with E-state index in [0.717, 1.165) is 70.5 Å². The van der Waals surface area contributed by atoms with Crippen molar-refractivity contribution in [3.8, 4) is 11.8 Å². The van der Waals surface area contributed by atoms with E-state index < -0.39 is 0 Å². The molecule has 1 amide bonds. The van der Waals surface area contributed by atoms with Gasteiger partial charge in [-0.15, -0.1) is 0 Å². The van der Waals surface area contributed by atoms with Gasteiger partial charge in [0.2, 0.25) is 6.41 Å². The van der Waals surface area contributed by atoms with Crippen LogP contribution in [0.1, 0.15) is 76.5 Å². The second-order valence-electron chi connectivity index (χ2n) is 9.34. The number of amidine groups is 1. The van der Waals surface area contributed by atoms with Gasteiger partial charge in [-0.2, -0.15) is 5.26 Å². The molecule has 5 nitrogen and oxygen atoms in total. The molecular formula is C32H37N3O2. The molecular weight excluding hydrogens is 458 g/mol. The summed E-state index contributed by atoms with van der Waals surface area (Å²) in [6.45, 7) is 8.19. The van der Waals surface area contributed by atoms with Crippen molar-refractivity contribution in [1.82, 2.24) is 5.32 Å². The van der Waals surface area contributed by atoms with E-state index in [9.17, 15) is 10.1 Å². The van der Waals surface area contributed by atoms with Crippen LogP contribution >= 0.6 is 0 Å². The van der Waals surface area contributed by atoms with Crippen molar-refractivity contribution in [2.45, 2.75) is 72.3 Å². The van der Waals surface area contributed by atoms with Gasteiger partial charge in [0.15, 0.2) is 0 Å². The monoisotopic (exact) mass is 495 g/mol. The van der Waals surface area contributed by atoms with Crippen LogP contribution in [0.15, 0.2) is 76.9 Å². The Balaban J connectivity index is 2.00. The average Bonchev–Trinajstić information content (AvgIpc) is 2.91. The lowest BCUT2D eigenvalue weighted by atomic mass is 9.90. The number of allylic oxidation sites excluding steroid dienone is 6. The second-order valence-corrected chi connectivity index (χ2v) is 9.34. The summed E-state index contributed by atoms with van der Waals surface area (Å²) in [6.07, 6.45) is 9.87. The molecule has 0 atom stereocenters. The summed E-state index contributed by atoms with van der Waals surface area (Å²) in [5, 5.41) is 12.3. The molecule has 2 aromatic carbocycles. The Labute approximate surface area is 221 Å². The Morgan fingerprint density at radius 1 is 1.08 bits per heavy atom. The van der Waals surface area contributed by atoms with E-state index in [1.54, 1.807) is 0 Å². The maximum Gasteiger partial charge on any atom is 0.212 e. The van der Waals surface area contributed by atoms with Crippen molar-refractivity contribution in [2.75, 3.05) is 0 Å². The molecule has 0 aromatic heterocycles. The summed E-state index contributed by atoms with van der Waals surface area (Å²) in [6, 6.07) is 18.9. The quantitative estimate of drug-likeness (QED) is 0.200. The maximum absolute atomic E-state index is 11.2. The third-order valence-corrected chi connectivity index (χ3v) is 6.16. The van der Waals surface area contributed by atoms with E-state index in [-0.39, 0.29) is 6.10 Å². The largest absolute Gasteiger partial charge is 0.491 e. The molecule has 5 heteroatoms. The van der Waals surface area contributed by atoms with Crippen LogP contribution in [0.2, 0.25) is 0 Å². The third kappa shape index (κ3) is 7.79. The van der Waals surface area contributed by atoms with E-state index in [2.05, 4.69) is 67.7 Å². The van der Waals surface area contributed by atoms with Crippen LogP contribution in [0.25, 0.3) is 11.1 Å². The number of hydrogen-bond acceptors (Lipinski definition) is 4. The molecule has 0 bridgehead atoms. The minimum absolute atomic E-state index is 0.108. The fourth-order valence-electron chi connectivity index (χ4n) is 4.43. The van der Waals surface area contributed by atoms with Gasteiger partial charge < -0.3 is 10.1 Å². The molecule has 0 saturated heterocycles. The summed E-state index contributed by atoms with van der Waals surface area (Å²) >= 11 is 0. The van der Waals surface area contributed by atoms with Gasteiger partial charge in [0.1, 0.15) is 11.6 Å². The van der Waals surface area contributed by atoms with E-state index in [1.807, 2.05) is 32.1 Å². The highest BCUT2D eigenvalue weighted by Gasteiger charge is 2.14. The number of amides is 1. The normalized spacial score (nSPS) is 14.3. The predicted octanol–water partition coefficient (Wildman–Crippen LogP) is 7.41. The van der Waals surface area contributed by atoms with Crippen LogP contribution in [-0.4, -0.2) is 18.3 Å². The number of carbonyl (C=O) groups is 1. The number of carbonyl (C=O) groups excluding carboxylic acids is 1. The topological polar surface area (TPSA) is 74.5 Å². The van der Waals surface area contributed by atoms with Crippen molar-refractivity contribution in [2.24, 2.45) is 4.99 Å². The highest BCUT2D eigenvalue weighted by molar-refractivity contribution is 5.92. The van der Waals surface area contributed by atoms with Gasteiger partial charge in [0, 0.05) is 12.1 Å². The molecule has 0 aliphatic heterocycles. The van der Waals surface area contributed by atoms with Crippen molar-refractivity contribution in [1.29, 1.82) is 5.26 Å². The van der Waals surface area contributed by atoms with Crippen LogP contribution in [0.3, 0.4) is 0 Å². The number of ether oxygens (including phenoxy) is 1. The van der Waals surface area contributed by atoms with Crippen molar-refractivity contribution < 1.29 is 9.53 Å². The molecule has 3 rings (SSSR count). The van der Waals surface area contributed by atoms with E-state index in [4.69, 9.17) is 9.73 Å². The van der Waals surface area contributed by atoms with Gasteiger partial charge in [0.05, 0.1) is 17.7 Å². The molecule has 0 radical (unpaired) electrons. The first-order chi connectivity index (χ1) is 18.0. The van der Waals surface area contributed by atoms with Crippen LogP contribution in [-0.2, 0) is 11.2 Å². The molecule has 1 aliphatic carbocycles. The first kappa shape index (κ1) is 27.7. The zero-order valence-corrected chi connectivity index (χ0v) is 22.4. The van der Waals surface area contributed by atoms with Crippen LogP contribution in [0.5, 0.6) is 5.75 Å². The lowest BCUT2D eigenvalue weighted by Crippen LogP contribution is -2.21. The number of rotatable bonds is 11. The number of hydrogen-bond donors (Lipinski definition) is 1. The molecule has 0 spiro atoms.